The van der Waals surface area contributed by atoms with Gasteiger partial charge in [0, 0.05) is 13.2 Å². The molecule has 0 aliphatic heterocycles. The Morgan fingerprint density at radius 2 is 1.94 bits per heavy atom. The summed E-state index contributed by atoms with van der Waals surface area (Å²) in [7, 11) is 1.77. The van der Waals surface area contributed by atoms with E-state index in [1.807, 2.05) is 0 Å². The van der Waals surface area contributed by atoms with Crippen molar-refractivity contribution in [2.24, 2.45) is 7.05 Å². The molecule has 5 nitrogen and oxygen atoms in total. The lowest BCUT2D eigenvalue weighted by atomic mass is 10.3. The van der Waals surface area contributed by atoms with E-state index in [0.717, 1.165) is 0 Å². The Morgan fingerprint density at radius 1 is 1.31 bits per heavy atom. The van der Waals surface area contributed by atoms with E-state index in [1.165, 1.54) is 0 Å². The summed E-state index contributed by atoms with van der Waals surface area (Å²) >= 11 is 11.6. The van der Waals surface area contributed by atoms with Crippen LogP contribution in [0.2, 0.25) is 10.3 Å². The van der Waals surface area contributed by atoms with E-state index in [1.54, 1.807) is 24.0 Å². The first-order valence-electron chi connectivity index (χ1n) is 4.30. The minimum absolute atomic E-state index is 0.0238. The molecule has 0 aliphatic carbocycles. The molecule has 0 aromatic carbocycles. The molecule has 0 bridgehead atoms. The second-order valence-corrected chi connectivity index (χ2v) is 3.75. The van der Waals surface area contributed by atoms with Crippen LogP contribution in [0.1, 0.15) is 10.4 Å². The Kier molecular flexibility index (Phi) is 2.89. The third kappa shape index (κ3) is 1.91. The molecule has 0 amide bonds. The molecule has 0 atom stereocenters. The molecular weight excluding hydrogens is 251 g/mol. The lowest BCUT2D eigenvalue weighted by Crippen LogP contribution is -1.97. The molecule has 0 radical (unpaired) electrons. The van der Waals surface area contributed by atoms with Crippen molar-refractivity contribution in [1.29, 1.82) is 0 Å². The average molecular weight is 257 g/mol. The summed E-state index contributed by atoms with van der Waals surface area (Å²) in [6.07, 6.45) is 2.26. The number of carbonyl (C=O) groups excluding carboxylic acids is 1. The molecule has 0 unspecified atom stereocenters. The van der Waals surface area contributed by atoms with Gasteiger partial charge in [0.25, 0.3) is 0 Å². The van der Waals surface area contributed by atoms with Crippen molar-refractivity contribution in [2.45, 2.75) is 0 Å². The number of halogens is 2. The summed E-state index contributed by atoms with van der Waals surface area (Å²) in [6, 6.07) is 1.72. The third-order valence-corrected chi connectivity index (χ3v) is 2.49. The second-order valence-electron chi connectivity index (χ2n) is 3.04. The average Bonchev–Trinajstić information content (AvgIpc) is 2.64. The van der Waals surface area contributed by atoms with E-state index in [9.17, 15) is 4.79 Å². The highest BCUT2D eigenvalue weighted by molar-refractivity contribution is 6.37. The SMILES string of the molecule is Cn1ccc(-c2nc(Cl)c(C=O)c(Cl)n2)n1. The quantitative estimate of drug-likeness (QED) is 0.609. The monoisotopic (exact) mass is 256 g/mol. The van der Waals surface area contributed by atoms with Crippen molar-refractivity contribution >= 4 is 29.5 Å². The molecule has 0 spiro atoms. The lowest BCUT2D eigenvalue weighted by Gasteiger charge is -2.01. The number of nitrogens with zero attached hydrogens (tertiary/aromatic N) is 4. The third-order valence-electron chi connectivity index (χ3n) is 1.91. The zero-order chi connectivity index (χ0) is 11.7. The maximum absolute atomic E-state index is 10.6. The summed E-state index contributed by atoms with van der Waals surface area (Å²) < 4.78 is 1.61. The van der Waals surface area contributed by atoms with Crippen molar-refractivity contribution in [3.05, 3.63) is 28.1 Å². The van der Waals surface area contributed by atoms with E-state index in [-0.39, 0.29) is 15.9 Å². The van der Waals surface area contributed by atoms with Crippen LogP contribution < -0.4 is 0 Å². The number of aldehydes is 1. The molecule has 2 aromatic rings. The first-order valence-corrected chi connectivity index (χ1v) is 5.05. The molecule has 0 aliphatic rings. The molecule has 2 heterocycles. The van der Waals surface area contributed by atoms with Crippen LogP contribution in [-0.4, -0.2) is 26.0 Å². The standard InChI is InChI=1S/C9H6Cl2N4O/c1-15-3-2-6(14-15)9-12-7(10)5(4-16)8(11)13-9/h2-4H,1H3. The first-order chi connectivity index (χ1) is 7.61. The van der Waals surface area contributed by atoms with E-state index in [2.05, 4.69) is 15.1 Å². The van der Waals surface area contributed by atoms with Gasteiger partial charge in [-0.15, -0.1) is 0 Å². The molecule has 0 fully saturated rings. The summed E-state index contributed by atoms with van der Waals surface area (Å²) in [6.45, 7) is 0. The molecule has 7 heteroatoms. The van der Waals surface area contributed by atoms with Gasteiger partial charge in [0.15, 0.2) is 12.1 Å². The smallest absolute Gasteiger partial charge is 0.182 e. The highest BCUT2D eigenvalue weighted by Crippen LogP contribution is 2.23. The lowest BCUT2D eigenvalue weighted by molar-refractivity contribution is 0.112. The topological polar surface area (TPSA) is 60.7 Å². The van der Waals surface area contributed by atoms with Gasteiger partial charge in [0.2, 0.25) is 0 Å². The van der Waals surface area contributed by atoms with Gasteiger partial charge >= 0.3 is 0 Å². The number of aromatic nitrogens is 4. The Labute approximate surface area is 101 Å². The summed E-state index contributed by atoms with van der Waals surface area (Å²) in [4.78, 5) is 18.5. The maximum atomic E-state index is 10.6. The first kappa shape index (κ1) is 11.0. The summed E-state index contributed by atoms with van der Waals surface area (Å²) in [5.74, 6) is 0.293. The van der Waals surface area contributed by atoms with Crippen LogP contribution in [0.4, 0.5) is 0 Å². The van der Waals surface area contributed by atoms with Gasteiger partial charge in [-0.25, -0.2) is 9.97 Å². The number of hydrogen-bond acceptors (Lipinski definition) is 4. The highest BCUT2D eigenvalue weighted by atomic mass is 35.5. The zero-order valence-corrected chi connectivity index (χ0v) is 9.70. The fourth-order valence-corrected chi connectivity index (χ4v) is 1.64. The van der Waals surface area contributed by atoms with Crippen molar-refractivity contribution in [3.8, 4) is 11.5 Å². The number of carbonyl (C=O) groups is 1. The van der Waals surface area contributed by atoms with Gasteiger partial charge in [0.05, 0.1) is 5.56 Å². The van der Waals surface area contributed by atoms with Crippen molar-refractivity contribution < 1.29 is 4.79 Å². The van der Waals surface area contributed by atoms with Crippen LogP contribution in [0.5, 0.6) is 0 Å². The Balaban J connectivity index is 2.56. The molecule has 2 rings (SSSR count). The van der Waals surface area contributed by atoms with E-state index >= 15 is 0 Å². The van der Waals surface area contributed by atoms with Crippen molar-refractivity contribution in [3.63, 3.8) is 0 Å². The maximum Gasteiger partial charge on any atom is 0.182 e. The molecule has 0 saturated heterocycles. The predicted molar refractivity (Wildman–Crippen MR) is 59.6 cm³/mol. The highest BCUT2D eigenvalue weighted by Gasteiger charge is 2.13. The molecule has 0 N–H and O–H groups in total. The van der Waals surface area contributed by atoms with Crippen LogP contribution in [0, 0.1) is 0 Å². The molecule has 2 aromatic heterocycles. The Bertz CT molecular complexity index is 529. The predicted octanol–water partition coefficient (Wildman–Crippen LogP) is 2.00. The minimum atomic E-state index is 0.0238. The van der Waals surface area contributed by atoms with Crippen molar-refractivity contribution in [2.75, 3.05) is 0 Å². The van der Waals surface area contributed by atoms with Gasteiger partial charge in [-0.3, -0.25) is 9.48 Å². The number of rotatable bonds is 2. The van der Waals surface area contributed by atoms with E-state index in [0.29, 0.717) is 17.8 Å². The molecule has 0 saturated carbocycles. The fourth-order valence-electron chi connectivity index (χ4n) is 1.16. The molecule has 82 valence electrons. The van der Waals surface area contributed by atoms with Crippen LogP contribution in [0.3, 0.4) is 0 Å². The van der Waals surface area contributed by atoms with E-state index < -0.39 is 0 Å². The van der Waals surface area contributed by atoms with Crippen LogP contribution in [-0.2, 0) is 7.05 Å². The fraction of sp³-hybridized carbons (Fsp3) is 0.111. The van der Waals surface area contributed by atoms with Crippen LogP contribution in [0.15, 0.2) is 12.3 Å². The Morgan fingerprint density at radius 3 is 2.38 bits per heavy atom. The van der Waals surface area contributed by atoms with Gasteiger partial charge in [-0.2, -0.15) is 5.10 Å². The van der Waals surface area contributed by atoms with Gasteiger partial charge < -0.3 is 0 Å². The molecular formula is C9H6Cl2N4O. The van der Waals surface area contributed by atoms with E-state index in [4.69, 9.17) is 23.2 Å². The second kappa shape index (κ2) is 4.19. The van der Waals surface area contributed by atoms with Crippen LogP contribution >= 0.6 is 23.2 Å². The normalized spacial score (nSPS) is 10.4. The number of aryl methyl sites for hydroxylation is 1. The molecule has 16 heavy (non-hydrogen) atoms. The van der Waals surface area contributed by atoms with Crippen molar-refractivity contribution in [1.82, 2.24) is 19.7 Å². The minimum Gasteiger partial charge on any atom is -0.298 e. The summed E-state index contributed by atoms with van der Waals surface area (Å²) in [5.41, 5.74) is 0.631. The summed E-state index contributed by atoms with van der Waals surface area (Å²) in [5, 5.41) is 4.15. The van der Waals surface area contributed by atoms with Gasteiger partial charge in [0.1, 0.15) is 16.0 Å². The van der Waals surface area contributed by atoms with Crippen LogP contribution in [0.25, 0.3) is 11.5 Å². The number of hydrogen-bond donors (Lipinski definition) is 0. The largest absolute Gasteiger partial charge is 0.298 e. The zero-order valence-electron chi connectivity index (χ0n) is 8.19. The Hall–Kier alpha value is -1.46. The van der Waals surface area contributed by atoms with Gasteiger partial charge in [-0.05, 0) is 6.07 Å². The van der Waals surface area contributed by atoms with Gasteiger partial charge in [-0.1, -0.05) is 23.2 Å².